The van der Waals surface area contributed by atoms with Crippen LogP contribution in [0.4, 0.5) is 10.1 Å². The maximum Gasteiger partial charge on any atom is 0.255 e. The standard InChI is InChI=1S/C19H16FN3O/c20-16-7-2-1-6-15(16)18-17(11-21-23-18)22-19(24)14-9-8-12-4-3-5-13(12)10-14/h1-2,6-11H,3-5H2,(H,21,23)(H,22,24). The number of nitrogens with zero attached hydrogens (tertiary/aromatic N) is 1. The van der Waals surface area contributed by atoms with E-state index in [1.807, 2.05) is 18.2 Å². The molecule has 24 heavy (non-hydrogen) atoms. The van der Waals surface area contributed by atoms with Crippen LogP contribution in [-0.2, 0) is 12.8 Å². The van der Waals surface area contributed by atoms with Crippen LogP contribution in [0.2, 0.25) is 0 Å². The zero-order valence-electron chi connectivity index (χ0n) is 13.0. The molecular formula is C19H16FN3O. The number of amides is 1. The molecule has 3 aromatic rings. The number of carbonyl (C=O) groups excluding carboxylic acids is 1. The van der Waals surface area contributed by atoms with Crippen LogP contribution in [0.15, 0.2) is 48.7 Å². The number of hydrogen-bond acceptors (Lipinski definition) is 2. The summed E-state index contributed by atoms with van der Waals surface area (Å²) in [7, 11) is 0. The molecular weight excluding hydrogens is 305 g/mol. The Morgan fingerprint density at radius 1 is 1.12 bits per heavy atom. The summed E-state index contributed by atoms with van der Waals surface area (Å²) in [5.41, 5.74) is 4.47. The molecule has 0 bridgehead atoms. The van der Waals surface area contributed by atoms with Crippen LogP contribution in [0, 0.1) is 5.82 Å². The van der Waals surface area contributed by atoms with Gasteiger partial charge in [-0.3, -0.25) is 9.89 Å². The third kappa shape index (κ3) is 2.58. The molecule has 1 aliphatic rings. The Kier molecular flexibility index (Phi) is 3.61. The Morgan fingerprint density at radius 3 is 2.83 bits per heavy atom. The van der Waals surface area contributed by atoms with Gasteiger partial charge in [-0.2, -0.15) is 5.10 Å². The van der Waals surface area contributed by atoms with Crippen LogP contribution >= 0.6 is 0 Å². The fourth-order valence-electron chi connectivity index (χ4n) is 3.16. The number of fused-ring (bicyclic) bond motifs is 1. The van der Waals surface area contributed by atoms with Gasteiger partial charge in [0.2, 0.25) is 0 Å². The van der Waals surface area contributed by atoms with Crippen LogP contribution in [-0.4, -0.2) is 16.1 Å². The van der Waals surface area contributed by atoms with E-state index in [4.69, 9.17) is 0 Å². The van der Waals surface area contributed by atoms with Crippen molar-refractivity contribution in [2.24, 2.45) is 0 Å². The molecule has 1 aliphatic carbocycles. The fraction of sp³-hybridized carbons (Fsp3) is 0.158. The van der Waals surface area contributed by atoms with Crippen molar-refractivity contribution in [3.05, 3.63) is 71.2 Å². The fourth-order valence-corrected chi connectivity index (χ4v) is 3.16. The van der Waals surface area contributed by atoms with E-state index in [2.05, 4.69) is 15.5 Å². The number of aromatic nitrogens is 2. The summed E-state index contributed by atoms with van der Waals surface area (Å²) < 4.78 is 14.0. The van der Waals surface area contributed by atoms with Crippen molar-refractivity contribution in [2.45, 2.75) is 19.3 Å². The number of H-pyrrole nitrogens is 1. The molecule has 120 valence electrons. The van der Waals surface area contributed by atoms with Gasteiger partial charge >= 0.3 is 0 Å². The Balaban J connectivity index is 1.62. The summed E-state index contributed by atoms with van der Waals surface area (Å²) in [6, 6.07) is 12.2. The second kappa shape index (κ2) is 5.92. The summed E-state index contributed by atoms with van der Waals surface area (Å²) in [4.78, 5) is 12.5. The van der Waals surface area contributed by atoms with Crippen LogP contribution < -0.4 is 5.32 Å². The smallest absolute Gasteiger partial charge is 0.255 e. The molecule has 1 heterocycles. The van der Waals surface area contributed by atoms with E-state index in [9.17, 15) is 9.18 Å². The number of aromatic amines is 1. The van der Waals surface area contributed by atoms with Gasteiger partial charge in [0.05, 0.1) is 17.6 Å². The molecule has 1 aromatic heterocycles. The number of aryl methyl sites for hydroxylation is 2. The first kappa shape index (κ1) is 14.6. The Hall–Kier alpha value is -2.95. The maximum absolute atomic E-state index is 14.0. The van der Waals surface area contributed by atoms with Crippen LogP contribution in [0.5, 0.6) is 0 Å². The minimum atomic E-state index is -0.366. The minimum Gasteiger partial charge on any atom is -0.319 e. The molecule has 0 radical (unpaired) electrons. The molecule has 4 nitrogen and oxygen atoms in total. The van der Waals surface area contributed by atoms with E-state index in [1.54, 1.807) is 18.2 Å². The number of halogens is 1. The number of nitrogens with one attached hydrogen (secondary N) is 2. The van der Waals surface area contributed by atoms with Crippen LogP contribution in [0.1, 0.15) is 27.9 Å². The predicted molar refractivity (Wildman–Crippen MR) is 90.4 cm³/mol. The Bertz CT molecular complexity index is 916. The number of carbonyl (C=O) groups is 1. The highest BCUT2D eigenvalue weighted by Gasteiger charge is 2.17. The lowest BCUT2D eigenvalue weighted by atomic mass is 10.1. The number of anilines is 1. The van der Waals surface area contributed by atoms with Gasteiger partial charge in [0.25, 0.3) is 5.91 Å². The van der Waals surface area contributed by atoms with Crippen molar-refractivity contribution >= 4 is 11.6 Å². The summed E-state index contributed by atoms with van der Waals surface area (Å²) in [5.74, 6) is -0.585. The second-order valence-corrected chi connectivity index (χ2v) is 5.93. The molecule has 0 saturated carbocycles. The highest BCUT2D eigenvalue weighted by molar-refractivity contribution is 6.06. The quantitative estimate of drug-likeness (QED) is 0.767. The summed E-state index contributed by atoms with van der Waals surface area (Å²) in [6.07, 6.45) is 4.73. The van der Waals surface area contributed by atoms with Gasteiger partial charge in [-0.05, 0) is 54.7 Å². The molecule has 0 unspecified atom stereocenters. The highest BCUT2D eigenvalue weighted by Crippen LogP contribution is 2.28. The molecule has 2 N–H and O–H groups in total. The van der Waals surface area contributed by atoms with E-state index in [1.165, 1.54) is 23.4 Å². The molecule has 0 spiro atoms. The molecule has 1 amide bonds. The summed E-state index contributed by atoms with van der Waals surface area (Å²) >= 11 is 0. The number of benzene rings is 2. The van der Waals surface area contributed by atoms with E-state index < -0.39 is 0 Å². The van der Waals surface area contributed by atoms with Crippen molar-refractivity contribution in [3.8, 4) is 11.3 Å². The molecule has 4 rings (SSSR count). The SMILES string of the molecule is O=C(Nc1cn[nH]c1-c1ccccc1F)c1ccc2c(c1)CCC2. The van der Waals surface area contributed by atoms with Gasteiger partial charge in [0, 0.05) is 11.1 Å². The summed E-state index contributed by atoms with van der Waals surface area (Å²) in [5, 5.41) is 9.52. The monoisotopic (exact) mass is 321 g/mol. The summed E-state index contributed by atoms with van der Waals surface area (Å²) in [6.45, 7) is 0. The molecule has 0 aliphatic heterocycles. The van der Waals surface area contributed by atoms with Crippen LogP contribution in [0.25, 0.3) is 11.3 Å². The zero-order valence-corrected chi connectivity index (χ0v) is 13.0. The van der Waals surface area contributed by atoms with Crippen molar-refractivity contribution in [3.63, 3.8) is 0 Å². The van der Waals surface area contributed by atoms with Gasteiger partial charge in [-0.25, -0.2) is 4.39 Å². The van der Waals surface area contributed by atoms with Crippen molar-refractivity contribution in [2.75, 3.05) is 5.32 Å². The van der Waals surface area contributed by atoms with Crippen molar-refractivity contribution in [1.29, 1.82) is 0 Å². The normalized spacial score (nSPS) is 12.9. The first-order chi connectivity index (χ1) is 11.7. The lowest BCUT2D eigenvalue weighted by Gasteiger charge is -2.08. The van der Waals surface area contributed by atoms with E-state index >= 15 is 0 Å². The van der Waals surface area contributed by atoms with E-state index in [0.29, 0.717) is 22.5 Å². The topological polar surface area (TPSA) is 57.8 Å². The Labute approximate surface area is 138 Å². The minimum absolute atomic E-state index is 0.219. The third-order valence-electron chi connectivity index (χ3n) is 4.39. The van der Waals surface area contributed by atoms with Gasteiger partial charge in [-0.1, -0.05) is 18.2 Å². The van der Waals surface area contributed by atoms with E-state index in [0.717, 1.165) is 19.3 Å². The molecule has 0 saturated heterocycles. The Morgan fingerprint density at radius 2 is 1.96 bits per heavy atom. The lowest BCUT2D eigenvalue weighted by Crippen LogP contribution is -2.12. The van der Waals surface area contributed by atoms with Crippen molar-refractivity contribution in [1.82, 2.24) is 10.2 Å². The number of hydrogen-bond donors (Lipinski definition) is 2. The molecule has 0 atom stereocenters. The van der Waals surface area contributed by atoms with Gasteiger partial charge in [-0.15, -0.1) is 0 Å². The highest BCUT2D eigenvalue weighted by atomic mass is 19.1. The molecule has 2 aromatic carbocycles. The van der Waals surface area contributed by atoms with Crippen molar-refractivity contribution < 1.29 is 9.18 Å². The predicted octanol–water partition coefficient (Wildman–Crippen LogP) is 3.96. The zero-order chi connectivity index (χ0) is 16.5. The maximum atomic E-state index is 14.0. The van der Waals surface area contributed by atoms with Gasteiger partial charge < -0.3 is 5.32 Å². The molecule has 0 fully saturated rings. The van der Waals surface area contributed by atoms with Gasteiger partial charge in [0.15, 0.2) is 0 Å². The van der Waals surface area contributed by atoms with Crippen LogP contribution in [0.3, 0.4) is 0 Å². The van der Waals surface area contributed by atoms with E-state index in [-0.39, 0.29) is 11.7 Å². The lowest BCUT2D eigenvalue weighted by molar-refractivity contribution is 0.102. The number of rotatable bonds is 3. The second-order valence-electron chi connectivity index (χ2n) is 5.93. The first-order valence-corrected chi connectivity index (χ1v) is 7.94. The largest absolute Gasteiger partial charge is 0.319 e. The third-order valence-corrected chi connectivity index (χ3v) is 4.39. The average molecular weight is 321 g/mol. The van der Waals surface area contributed by atoms with Gasteiger partial charge in [0.1, 0.15) is 5.82 Å². The average Bonchev–Trinajstić information content (AvgIpc) is 3.23. The first-order valence-electron chi connectivity index (χ1n) is 7.94. The molecule has 5 heteroatoms.